The molecular formula is C31H38N4O4+2. The zero-order valence-corrected chi connectivity index (χ0v) is 22.4. The number of benzene rings is 3. The van der Waals surface area contributed by atoms with Crippen LogP contribution in [0, 0.1) is 0 Å². The van der Waals surface area contributed by atoms with Crippen LogP contribution < -0.4 is 24.7 Å². The number of hydrogen-bond donors (Lipinski definition) is 3. The van der Waals surface area contributed by atoms with Crippen molar-refractivity contribution in [2.45, 2.75) is 0 Å². The van der Waals surface area contributed by atoms with Crippen LogP contribution in [0.2, 0.25) is 0 Å². The fraction of sp³-hybridized carbons (Fsp3) is 0.387. The lowest BCUT2D eigenvalue weighted by Crippen LogP contribution is -3.14. The molecule has 2 aliphatic heterocycles. The summed E-state index contributed by atoms with van der Waals surface area (Å²) in [6.07, 6.45) is 0. The van der Waals surface area contributed by atoms with Crippen LogP contribution in [0.1, 0.15) is 11.1 Å². The molecule has 0 unspecified atom stereocenters. The van der Waals surface area contributed by atoms with Crippen LogP contribution in [0.25, 0.3) is 11.1 Å². The molecule has 0 radical (unpaired) electrons. The molecule has 0 amide bonds. The van der Waals surface area contributed by atoms with Crippen molar-refractivity contribution in [1.82, 2.24) is 0 Å². The minimum atomic E-state index is 0.679. The van der Waals surface area contributed by atoms with Crippen LogP contribution >= 0.6 is 0 Å². The number of hydrazone groups is 1. The molecule has 39 heavy (non-hydrogen) atoms. The molecule has 2 fully saturated rings. The number of fused-ring (bicyclic) bond motifs is 3. The van der Waals surface area contributed by atoms with Gasteiger partial charge in [-0.05, 0) is 59.7 Å². The van der Waals surface area contributed by atoms with Crippen LogP contribution in [0.4, 0.5) is 5.69 Å². The molecule has 2 heterocycles. The Morgan fingerprint density at radius 1 is 0.641 bits per heavy atom. The number of ether oxygens (including phenoxy) is 4. The maximum atomic E-state index is 6.21. The summed E-state index contributed by atoms with van der Waals surface area (Å²) in [4.78, 5) is 3.07. The molecule has 8 heteroatoms. The molecular weight excluding hydrogens is 492 g/mol. The molecule has 0 spiro atoms. The monoisotopic (exact) mass is 530 g/mol. The Balaban J connectivity index is 1.20. The van der Waals surface area contributed by atoms with Crippen molar-refractivity contribution in [2.24, 2.45) is 5.10 Å². The van der Waals surface area contributed by atoms with Crippen molar-refractivity contribution in [3.05, 3.63) is 77.9 Å². The van der Waals surface area contributed by atoms with E-state index >= 15 is 0 Å². The molecule has 3 aliphatic rings. The maximum Gasteiger partial charge on any atom is 0.137 e. The van der Waals surface area contributed by atoms with Crippen LogP contribution in [-0.4, -0.2) is 84.6 Å². The summed E-state index contributed by atoms with van der Waals surface area (Å²) < 4.78 is 23.4. The zero-order valence-electron chi connectivity index (χ0n) is 22.4. The van der Waals surface area contributed by atoms with E-state index in [4.69, 9.17) is 24.0 Å². The van der Waals surface area contributed by atoms with E-state index in [0.717, 1.165) is 111 Å². The van der Waals surface area contributed by atoms with Crippen molar-refractivity contribution < 1.29 is 28.7 Å². The average Bonchev–Trinajstić information content (AvgIpc) is 3.30. The van der Waals surface area contributed by atoms with Crippen molar-refractivity contribution in [1.29, 1.82) is 0 Å². The van der Waals surface area contributed by atoms with Gasteiger partial charge < -0.3 is 28.7 Å². The molecule has 204 valence electrons. The van der Waals surface area contributed by atoms with Crippen molar-refractivity contribution in [2.75, 3.05) is 84.3 Å². The number of quaternary nitrogens is 2. The standard InChI is InChI=1S/C31H36N4O4/c1-2-4-24(5-3-1)32-33-31-29-22-25(38-20-14-34-10-16-36-17-11-34)6-8-27(29)28-9-7-26(23-30(28)31)39-21-15-35-12-18-37-19-13-35/h1-9,22-23,32H,10-21H2/p+2. The summed E-state index contributed by atoms with van der Waals surface area (Å²) in [7, 11) is 0. The van der Waals surface area contributed by atoms with Crippen molar-refractivity contribution >= 4 is 11.4 Å². The van der Waals surface area contributed by atoms with E-state index in [1.165, 1.54) is 9.80 Å². The fourth-order valence-corrected chi connectivity index (χ4v) is 5.43. The Bertz CT molecular complexity index is 1200. The molecule has 6 rings (SSSR count). The van der Waals surface area contributed by atoms with Gasteiger partial charge in [0.2, 0.25) is 0 Å². The highest BCUT2D eigenvalue weighted by molar-refractivity contribution is 6.25. The number of anilines is 1. The number of morpholine rings is 2. The van der Waals surface area contributed by atoms with Gasteiger partial charge in [-0.15, -0.1) is 0 Å². The quantitative estimate of drug-likeness (QED) is 0.268. The summed E-state index contributed by atoms with van der Waals surface area (Å²) in [5.74, 6) is 1.73. The van der Waals surface area contributed by atoms with Crippen LogP contribution in [-0.2, 0) is 9.47 Å². The third kappa shape index (κ3) is 6.42. The molecule has 0 saturated carbocycles. The number of hydrogen-bond acceptors (Lipinski definition) is 6. The van der Waals surface area contributed by atoms with E-state index in [0.29, 0.717) is 13.2 Å². The average molecular weight is 531 g/mol. The van der Waals surface area contributed by atoms with Gasteiger partial charge in [-0.1, -0.05) is 18.2 Å². The van der Waals surface area contributed by atoms with Gasteiger partial charge in [-0.2, -0.15) is 5.10 Å². The number of para-hydroxylation sites is 1. The highest BCUT2D eigenvalue weighted by Gasteiger charge is 2.27. The van der Waals surface area contributed by atoms with E-state index in [9.17, 15) is 0 Å². The predicted molar refractivity (Wildman–Crippen MR) is 151 cm³/mol. The van der Waals surface area contributed by atoms with Crippen LogP contribution in [0.3, 0.4) is 0 Å². The second-order valence-electron chi connectivity index (χ2n) is 10.3. The summed E-state index contributed by atoms with van der Waals surface area (Å²) >= 11 is 0. The molecule has 8 nitrogen and oxygen atoms in total. The van der Waals surface area contributed by atoms with E-state index in [1.54, 1.807) is 0 Å². The van der Waals surface area contributed by atoms with Gasteiger partial charge >= 0.3 is 0 Å². The first-order valence-corrected chi connectivity index (χ1v) is 14.1. The van der Waals surface area contributed by atoms with Gasteiger partial charge in [-0.3, -0.25) is 5.43 Å². The van der Waals surface area contributed by atoms with Gasteiger partial charge in [0.15, 0.2) is 0 Å². The lowest BCUT2D eigenvalue weighted by molar-refractivity contribution is -0.908. The molecule has 0 atom stereocenters. The molecule has 3 aromatic carbocycles. The Labute approximate surface area is 230 Å². The molecule has 0 bridgehead atoms. The molecule has 1 aliphatic carbocycles. The van der Waals surface area contributed by atoms with Gasteiger partial charge in [-0.25, -0.2) is 0 Å². The zero-order chi connectivity index (χ0) is 26.3. The fourth-order valence-electron chi connectivity index (χ4n) is 5.43. The minimum absolute atomic E-state index is 0.679. The SMILES string of the molecule is c1ccc(NN=C2c3cc(OCC[NH+]4CCOCC4)ccc3-c3ccc(OCC[NH+]4CCOCC4)cc32)cc1. The number of rotatable bonds is 10. The minimum Gasteiger partial charge on any atom is -0.488 e. The van der Waals surface area contributed by atoms with Gasteiger partial charge in [0.25, 0.3) is 0 Å². The maximum absolute atomic E-state index is 6.21. The highest BCUT2D eigenvalue weighted by Crippen LogP contribution is 2.40. The number of nitrogens with one attached hydrogen (secondary N) is 3. The van der Waals surface area contributed by atoms with E-state index in [2.05, 4.69) is 41.8 Å². The number of nitrogens with zero attached hydrogens (tertiary/aromatic N) is 1. The Morgan fingerprint density at radius 2 is 1.15 bits per heavy atom. The Kier molecular flexibility index (Phi) is 8.35. The summed E-state index contributed by atoms with van der Waals surface area (Å²) in [5.41, 5.74) is 9.56. The second-order valence-corrected chi connectivity index (χ2v) is 10.3. The molecule has 3 N–H and O–H groups in total. The lowest BCUT2D eigenvalue weighted by Gasteiger charge is -2.23. The van der Waals surface area contributed by atoms with E-state index in [-0.39, 0.29) is 0 Å². The second kappa shape index (κ2) is 12.6. The predicted octanol–water partition coefficient (Wildman–Crippen LogP) is 1.12. The lowest BCUT2D eigenvalue weighted by atomic mass is 10.1. The van der Waals surface area contributed by atoms with E-state index < -0.39 is 0 Å². The summed E-state index contributed by atoms with van der Waals surface area (Å²) in [6.45, 7) is 10.8. The van der Waals surface area contributed by atoms with Gasteiger partial charge in [0.05, 0.1) is 37.8 Å². The van der Waals surface area contributed by atoms with Gasteiger partial charge in [0.1, 0.15) is 64.0 Å². The van der Waals surface area contributed by atoms with Crippen LogP contribution in [0.15, 0.2) is 71.8 Å². The first-order valence-electron chi connectivity index (χ1n) is 14.1. The normalized spacial score (nSPS) is 17.4. The summed E-state index contributed by atoms with van der Waals surface area (Å²) in [5, 5.41) is 4.89. The molecule has 0 aromatic heterocycles. The smallest absolute Gasteiger partial charge is 0.137 e. The van der Waals surface area contributed by atoms with Crippen LogP contribution in [0.5, 0.6) is 11.5 Å². The van der Waals surface area contributed by atoms with E-state index in [1.807, 2.05) is 30.3 Å². The Hall–Kier alpha value is -3.43. The van der Waals surface area contributed by atoms with Crippen molar-refractivity contribution in [3.8, 4) is 22.6 Å². The molecule has 3 aromatic rings. The largest absolute Gasteiger partial charge is 0.488 e. The first-order chi connectivity index (χ1) is 19.3. The third-order valence-electron chi connectivity index (χ3n) is 7.70. The topological polar surface area (TPSA) is 70.2 Å². The molecule has 2 saturated heterocycles. The van der Waals surface area contributed by atoms with Gasteiger partial charge in [0, 0.05) is 11.1 Å². The highest BCUT2D eigenvalue weighted by atomic mass is 16.5. The van der Waals surface area contributed by atoms with Crippen molar-refractivity contribution in [3.63, 3.8) is 0 Å². The first kappa shape index (κ1) is 25.8. The summed E-state index contributed by atoms with van der Waals surface area (Å²) in [6, 6.07) is 22.7. The third-order valence-corrected chi connectivity index (χ3v) is 7.70. The Morgan fingerprint density at radius 3 is 1.67 bits per heavy atom.